The van der Waals surface area contributed by atoms with Crippen LogP contribution in [0, 0.1) is 13.8 Å². The second-order valence-corrected chi connectivity index (χ2v) is 7.77. The van der Waals surface area contributed by atoms with Gasteiger partial charge in [0.1, 0.15) is 12.3 Å². The molecule has 8 nitrogen and oxygen atoms in total. The fourth-order valence-corrected chi connectivity index (χ4v) is 3.60. The van der Waals surface area contributed by atoms with Crippen LogP contribution in [-0.4, -0.2) is 25.1 Å². The molecule has 2 aromatic heterocycles. The van der Waals surface area contributed by atoms with Crippen LogP contribution in [0.5, 0.6) is 11.6 Å². The van der Waals surface area contributed by atoms with Crippen molar-refractivity contribution in [1.29, 1.82) is 0 Å². The van der Waals surface area contributed by atoms with E-state index in [4.69, 9.17) is 4.74 Å². The number of aromatic nitrogens is 4. The normalized spacial score (nSPS) is 11.1. The molecule has 1 amide bonds. The van der Waals surface area contributed by atoms with Gasteiger partial charge in [-0.2, -0.15) is 0 Å². The average molecular weight is 439 g/mol. The zero-order valence-corrected chi connectivity index (χ0v) is 18.1. The van der Waals surface area contributed by atoms with Crippen molar-refractivity contribution in [2.24, 2.45) is 0 Å². The number of aryl methyl sites for hydroxylation is 2. The molecule has 0 aliphatic heterocycles. The van der Waals surface area contributed by atoms with Crippen molar-refractivity contribution in [2.75, 3.05) is 5.32 Å². The molecule has 5 rings (SSSR count). The number of nitrogens with one attached hydrogen (secondary N) is 1. The standard InChI is InChI=1S/C25H21N5O3/c1-16-12-13-18(14-17(16)2)26-22(31)15-29-25(32)30-21-11-7-6-10-20(21)27-24(23(30)28-29)33-19-8-4-3-5-9-19/h3-14H,15H2,1-2H3,(H,26,31). The van der Waals surface area contributed by atoms with Gasteiger partial charge in [-0.05, 0) is 61.4 Å². The lowest BCUT2D eigenvalue weighted by Crippen LogP contribution is -2.28. The topological polar surface area (TPSA) is 90.5 Å². The van der Waals surface area contributed by atoms with Crippen LogP contribution in [0.4, 0.5) is 5.69 Å². The SMILES string of the molecule is Cc1ccc(NC(=O)Cn2nc3c(Oc4ccccc4)nc4ccccc4n3c2=O)cc1C. The van der Waals surface area contributed by atoms with Gasteiger partial charge < -0.3 is 10.1 Å². The van der Waals surface area contributed by atoms with Gasteiger partial charge in [0.2, 0.25) is 11.6 Å². The highest BCUT2D eigenvalue weighted by molar-refractivity contribution is 5.90. The molecular formula is C25H21N5O3. The maximum atomic E-state index is 13.2. The van der Waals surface area contributed by atoms with Gasteiger partial charge in [-0.25, -0.2) is 18.9 Å². The second-order valence-electron chi connectivity index (χ2n) is 7.77. The van der Waals surface area contributed by atoms with Crippen LogP contribution >= 0.6 is 0 Å². The molecule has 0 bridgehead atoms. The van der Waals surface area contributed by atoms with Crippen molar-refractivity contribution in [3.8, 4) is 11.6 Å². The molecular weight excluding hydrogens is 418 g/mol. The third kappa shape index (κ3) is 3.94. The Balaban J connectivity index is 1.54. The van der Waals surface area contributed by atoms with E-state index in [9.17, 15) is 9.59 Å². The third-order valence-corrected chi connectivity index (χ3v) is 5.42. The number of carbonyl (C=O) groups excluding carboxylic acids is 1. The van der Waals surface area contributed by atoms with E-state index in [-0.39, 0.29) is 24.0 Å². The van der Waals surface area contributed by atoms with Crippen LogP contribution < -0.4 is 15.7 Å². The zero-order chi connectivity index (χ0) is 22.9. The number of para-hydroxylation sites is 3. The lowest BCUT2D eigenvalue weighted by Gasteiger charge is -2.07. The predicted octanol–water partition coefficient (Wildman–Crippen LogP) is 4.09. The monoisotopic (exact) mass is 439 g/mol. The molecule has 3 aromatic carbocycles. The van der Waals surface area contributed by atoms with Crippen LogP contribution in [0.3, 0.4) is 0 Å². The van der Waals surface area contributed by atoms with Gasteiger partial charge in [0.25, 0.3) is 5.88 Å². The van der Waals surface area contributed by atoms with E-state index in [2.05, 4.69) is 15.4 Å². The number of anilines is 1. The minimum Gasteiger partial charge on any atom is -0.436 e. The highest BCUT2D eigenvalue weighted by Gasteiger charge is 2.19. The molecule has 5 aromatic rings. The number of carbonyl (C=O) groups is 1. The van der Waals surface area contributed by atoms with E-state index >= 15 is 0 Å². The summed E-state index contributed by atoms with van der Waals surface area (Å²) in [6.45, 7) is 3.74. The lowest BCUT2D eigenvalue weighted by molar-refractivity contribution is -0.117. The molecule has 2 heterocycles. The Morgan fingerprint density at radius 1 is 0.970 bits per heavy atom. The number of hydrogen-bond acceptors (Lipinski definition) is 5. The summed E-state index contributed by atoms with van der Waals surface area (Å²) >= 11 is 0. The highest BCUT2D eigenvalue weighted by atomic mass is 16.5. The first-order chi connectivity index (χ1) is 16.0. The Kier molecular flexibility index (Phi) is 5.10. The fraction of sp³-hybridized carbons (Fsp3) is 0.120. The first kappa shape index (κ1) is 20.4. The van der Waals surface area contributed by atoms with Gasteiger partial charge in [0, 0.05) is 5.69 Å². The van der Waals surface area contributed by atoms with Gasteiger partial charge in [-0.1, -0.05) is 36.4 Å². The summed E-state index contributed by atoms with van der Waals surface area (Å²) in [4.78, 5) is 30.5. The Hall–Kier alpha value is -4.46. The van der Waals surface area contributed by atoms with Gasteiger partial charge >= 0.3 is 5.69 Å². The molecule has 0 unspecified atom stereocenters. The number of benzene rings is 3. The number of rotatable bonds is 5. The number of fused-ring (bicyclic) bond motifs is 3. The number of amides is 1. The molecule has 8 heteroatoms. The molecule has 0 saturated carbocycles. The van der Waals surface area contributed by atoms with E-state index in [0.29, 0.717) is 22.5 Å². The maximum Gasteiger partial charge on any atom is 0.351 e. The molecule has 0 aliphatic carbocycles. The number of nitrogens with zero attached hydrogens (tertiary/aromatic N) is 4. The summed E-state index contributed by atoms with van der Waals surface area (Å²) in [6.07, 6.45) is 0. The van der Waals surface area contributed by atoms with Crippen LogP contribution in [0.1, 0.15) is 11.1 Å². The molecule has 0 radical (unpaired) electrons. The summed E-state index contributed by atoms with van der Waals surface area (Å²) in [5, 5.41) is 7.22. The van der Waals surface area contributed by atoms with Crippen molar-refractivity contribution in [3.63, 3.8) is 0 Å². The van der Waals surface area contributed by atoms with Crippen LogP contribution in [0.2, 0.25) is 0 Å². The van der Waals surface area contributed by atoms with Crippen molar-refractivity contribution in [2.45, 2.75) is 20.4 Å². The second kappa shape index (κ2) is 8.23. The molecule has 0 aliphatic rings. The number of ether oxygens (including phenoxy) is 1. The van der Waals surface area contributed by atoms with Gasteiger partial charge in [0.15, 0.2) is 0 Å². The molecule has 0 fully saturated rings. The van der Waals surface area contributed by atoms with Gasteiger partial charge in [0.05, 0.1) is 11.0 Å². The smallest absolute Gasteiger partial charge is 0.351 e. The molecule has 1 N–H and O–H groups in total. The zero-order valence-electron chi connectivity index (χ0n) is 18.1. The summed E-state index contributed by atoms with van der Waals surface area (Å²) < 4.78 is 8.49. The van der Waals surface area contributed by atoms with Gasteiger partial charge in [-0.15, -0.1) is 5.10 Å². The summed E-state index contributed by atoms with van der Waals surface area (Å²) in [6, 6.07) is 22.0. The van der Waals surface area contributed by atoms with E-state index in [0.717, 1.165) is 15.8 Å². The van der Waals surface area contributed by atoms with Crippen LogP contribution in [0.15, 0.2) is 77.6 Å². The van der Waals surface area contributed by atoms with Gasteiger partial charge in [-0.3, -0.25) is 4.79 Å². The van der Waals surface area contributed by atoms with Crippen LogP contribution in [0.25, 0.3) is 16.7 Å². The Morgan fingerprint density at radius 2 is 1.73 bits per heavy atom. The summed E-state index contributed by atoms with van der Waals surface area (Å²) in [5.41, 5.74) is 3.82. The van der Waals surface area contributed by atoms with E-state index in [1.54, 1.807) is 24.3 Å². The summed E-state index contributed by atoms with van der Waals surface area (Å²) in [5.74, 6) is 0.397. The Labute approximate surface area is 189 Å². The summed E-state index contributed by atoms with van der Waals surface area (Å²) in [7, 11) is 0. The van der Waals surface area contributed by atoms with Crippen molar-refractivity contribution in [1.82, 2.24) is 19.2 Å². The van der Waals surface area contributed by atoms with Crippen molar-refractivity contribution in [3.05, 3.63) is 94.4 Å². The molecule has 0 saturated heterocycles. The Morgan fingerprint density at radius 3 is 2.52 bits per heavy atom. The van der Waals surface area contributed by atoms with E-state index < -0.39 is 5.69 Å². The average Bonchev–Trinajstić information content (AvgIpc) is 3.13. The quantitative estimate of drug-likeness (QED) is 0.445. The minimum absolute atomic E-state index is 0.185. The third-order valence-electron chi connectivity index (χ3n) is 5.42. The Bertz CT molecular complexity index is 1550. The van der Waals surface area contributed by atoms with E-state index in [1.807, 2.05) is 62.4 Å². The van der Waals surface area contributed by atoms with Crippen molar-refractivity contribution >= 4 is 28.3 Å². The van der Waals surface area contributed by atoms with Crippen molar-refractivity contribution < 1.29 is 9.53 Å². The maximum absolute atomic E-state index is 13.2. The molecule has 0 spiro atoms. The molecule has 164 valence electrons. The predicted molar refractivity (Wildman–Crippen MR) is 126 cm³/mol. The first-order valence-corrected chi connectivity index (χ1v) is 10.5. The first-order valence-electron chi connectivity index (χ1n) is 10.5. The van der Waals surface area contributed by atoms with E-state index in [1.165, 1.54) is 4.40 Å². The fourth-order valence-electron chi connectivity index (χ4n) is 3.60. The minimum atomic E-state index is -0.447. The highest BCUT2D eigenvalue weighted by Crippen LogP contribution is 2.25. The number of hydrogen-bond donors (Lipinski definition) is 1. The molecule has 0 atom stereocenters. The van der Waals surface area contributed by atoms with Crippen LogP contribution in [-0.2, 0) is 11.3 Å². The largest absolute Gasteiger partial charge is 0.436 e. The lowest BCUT2D eigenvalue weighted by atomic mass is 10.1. The molecule has 33 heavy (non-hydrogen) atoms.